The Morgan fingerprint density at radius 1 is 1.17 bits per heavy atom. The van der Waals surface area contributed by atoms with Crippen LogP contribution in [0.2, 0.25) is 0 Å². The number of carbonyl (C=O) groups is 1. The highest BCUT2D eigenvalue weighted by Gasteiger charge is 2.36. The summed E-state index contributed by atoms with van der Waals surface area (Å²) in [7, 11) is 0. The molecule has 0 N–H and O–H groups in total. The van der Waals surface area contributed by atoms with Gasteiger partial charge in [-0.3, -0.25) is 14.7 Å². The van der Waals surface area contributed by atoms with Crippen LogP contribution in [0.3, 0.4) is 0 Å². The molecule has 2 aliphatic rings. The highest BCUT2D eigenvalue weighted by Crippen LogP contribution is 2.30. The van der Waals surface area contributed by atoms with Crippen LogP contribution < -0.4 is 4.74 Å². The lowest BCUT2D eigenvalue weighted by atomic mass is 10.0. The van der Waals surface area contributed by atoms with E-state index in [9.17, 15) is 9.18 Å². The maximum absolute atomic E-state index is 14.1. The van der Waals surface area contributed by atoms with E-state index in [2.05, 4.69) is 14.9 Å². The van der Waals surface area contributed by atoms with Gasteiger partial charge in [-0.15, -0.1) is 0 Å². The van der Waals surface area contributed by atoms with Gasteiger partial charge in [-0.1, -0.05) is 6.07 Å². The quantitative estimate of drug-likeness (QED) is 0.790. The van der Waals surface area contributed by atoms with E-state index in [1.807, 2.05) is 25.7 Å². The average Bonchev–Trinajstić information content (AvgIpc) is 3.01. The van der Waals surface area contributed by atoms with Crippen LogP contribution in [-0.2, 0) is 13.1 Å². The number of aromatic nitrogens is 2. The first-order chi connectivity index (χ1) is 13.8. The van der Waals surface area contributed by atoms with E-state index < -0.39 is 0 Å². The molecule has 3 heterocycles. The summed E-state index contributed by atoms with van der Waals surface area (Å²) in [4.78, 5) is 25.7. The number of hydrogen-bond acceptors (Lipinski definition) is 5. The highest BCUT2D eigenvalue weighted by atomic mass is 19.1. The number of amides is 1. The van der Waals surface area contributed by atoms with Crippen molar-refractivity contribution in [2.24, 2.45) is 0 Å². The number of likely N-dealkylation sites (tertiary alicyclic amines) is 1. The molecule has 6 nitrogen and oxygen atoms in total. The minimum atomic E-state index is -0.335. The number of nitrogens with zero attached hydrogens (tertiary/aromatic N) is 4. The van der Waals surface area contributed by atoms with E-state index >= 15 is 0 Å². The van der Waals surface area contributed by atoms with Gasteiger partial charge in [0.2, 0.25) is 5.88 Å². The SMILES string of the molecule is CC(C)(C)Oc1nccnc1CN1CCC(N2Cc3c(F)cccc3C2=O)CC1. The van der Waals surface area contributed by atoms with E-state index in [-0.39, 0.29) is 23.4 Å². The second-order valence-electron chi connectivity index (χ2n) is 8.73. The van der Waals surface area contributed by atoms with Crippen molar-refractivity contribution < 1.29 is 13.9 Å². The molecule has 0 atom stereocenters. The maximum Gasteiger partial charge on any atom is 0.254 e. The van der Waals surface area contributed by atoms with E-state index in [0.29, 0.717) is 30.1 Å². The predicted molar refractivity (Wildman–Crippen MR) is 107 cm³/mol. The third-order valence-electron chi connectivity index (χ3n) is 5.45. The molecule has 7 heteroatoms. The van der Waals surface area contributed by atoms with Gasteiger partial charge < -0.3 is 9.64 Å². The summed E-state index contributed by atoms with van der Waals surface area (Å²) < 4.78 is 20.0. The first-order valence-corrected chi connectivity index (χ1v) is 10.1. The van der Waals surface area contributed by atoms with Crippen LogP contribution in [0.4, 0.5) is 4.39 Å². The van der Waals surface area contributed by atoms with Crippen LogP contribution in [0, 0.1) is 5.82 Å². The number of benzene rings is 1. The number of ether oxygens (including phenoxy) is 1. The van der Waals surface area contributed by atoms with Crippen molar-refractivity contribution in [2.45, 2.75) is 58.3 Å². The second kappa shape index (κ2) is 7.71. The van der Waals surface area contributed by atoms with E-state index in [1.54, 1.807) is 24.5 Å². The van der Waals surface area contributed by atoms with Gasteiger partial charge in [-0.05, 0) is 45.7 Å². The van der Waals surface area contributed by atoms with Crippen LogP contribution in [-0.4, -0.2) is 50.4 Å². The lowest BCUT2D eigenvalue weighted by Gasteiger charge is -2.36. The molecule has 2 aliphatic heterocycles. The highest BCUT2D eigenvalue weighted by molar-refractivity contribution is 5.98. The average molecular weight is 398 g/mol. The number of halogens is 1. The van der Waals surface area contributed by atoms with Crippen LogP contribution in [0.1, 0.15) is 55.2 Å². The third-order valence-corrected chi connectivity index (χ3v) is 5.45. The van der Waals surface area contributed by atoms with Crippen LogP contribution in [0.25, 0.3) is 0 Å². The molecule has 0 bridgehead atoms. The Hall–Kier alpha value is -2.54. The molecule has 29 heavy (non-hydrogen) atoms. The molecule has 1 amide bonds. The van der Waals surface area contributed by atoms with Crippen LogP contribution >= 0.6 is 0 Å². The molecule has 0 radical (unpaired) electrons. The zero-order valence-corrected chi connectivity index (χ0v) is 17.2. The maximum atomic E-state index is 14.1. The predicted octanol–water partition coefficient (Wildman–Crippen LogP) is 3.41. The van der Waals surface area contributed by atoms with Gasteiger partial charge >= 0.3 is 0 Å². The molecular weight excluding hydrogens is 371 g/mol. The summed E-state index contributed by atoms with van der Waals surface area (Å²) >= 11 is 0. The van der Waals surface area contributed by atoms with Crippen molar-refractivity contribution in [3.63, 3.8) is 0 Å². The third kappa shape index (κ3) is 4.24. The van der Waals surface area contributed by atoms with Crippen molar-refractivity contribution >= 4 is 5.91 Å². The first kappa shape index (κ1) is 19.8. The summed E-state index contributed by atoms with van der Waals surface area (Å²) in [6, 6.07) is 4.89. The minimum absolute atomic E-state index is 0.0484. The van der Waals surface area contributed by atoms with Gasteiger partial charge in [0, 0.05) is 55.7 Å². The number of rotatable bonds is 4. The van der Waals surface area contributed by atoms with E-state index in [0.717, 1.165) is 31.6 Å². The number of hydrogen-bond donors (Lipinski definition) is 0. The topological polar surface area (TPSA) is 58.6 Å². The molecule has 2 aromatic rings. The molecule has 4 rings (SSSR count). The molecule has 1 aromatic heterocycles. The van der Waals surface area contributed by atoms with Gasteiger partial charge in [0.25, 0.3) is 5.91 Å². The fraction of sp³-hybridized carbons (Fsp3) is 0.500. The summed E-state index contributed by atoms with van der Waals surface area (Å²) in [6.07, 6.45) is 5.05. The van der Waals surface area contributed by atoms with Gasteiger partial charge in [0.1, 0.15) is 17.1 Å². The van der Waals surface area contributed by atoms with Gasteiger partial charge in [-0.25, -0.2) is 9.37 Å². The molecule has 0 aliphatic carbocycles. The van der Waals surface area contributed by atoms with Crippen molar-refractivity contribution in [1.29, 1.82) is 0 Å². The van der Waals surface area contributed by atoms with Gasteiger partial charge in [-0.2, -0.15) is 0 Å². The van der Waals surface area contributed by atoms with Crippen LogP contribution in [0.15, 0.2) is 30.6 Å². The summed E-state index contributed by atoms with van der Waals surface area (Å²) in [5.74, 6) is 0.236. The fourth-order valence-corrected chi connectivity index (χ4v) is 4.05. The normalized spacial score (nSPS) is 18.2. The van der Waals surface area contributed by atoms with Crippen molar-refractivity contribution in [3.05, 3.63) is 53.2 Å². The standard InChI is InChI=1S/C22H27FN4O2/c1-22(2,3)29-20-19(24-9-10-25-20)14-26-11-7-15(8-12-26)27-13-17-16(21(27)28)5-4-6-18(17)23/h4-6,9-10,15H,7-8,11-14H2,1-3H3. The number of fused-ring (bicyclic) bond motifs is 1. The zero-order valence-electron chi connectivity index (χ0n) is 17.2. The first-order valence-electron chi connectivity index (χ1n) is 10.1. The van der Waals surface area contributed by atoms with Gasteiger partial charge in [0.05, 0.1) is 0 Å². The number of carbonyl (C=O) groups excluding carboxylic acids is 1. The lowest BCUT2D eigenvalue weighted by Crippen LogP contribution is -2.44. The van der Waals surface area contributed by atoms with Crippen molar-refractivity contribution in [2.75, 3.05) is 13.1 Å². The van der Waals surface area contributed by atoms with E-state index in [1.165, 1.54) is 6.07 Å². The largest absolute Gasteiger partial charge is 0.471 e. The Kier molecular flexibility index (Phi) is 5.25. The Labute approximate surface area is 170 Å². The molecular formula is C22H27FN4O2. The Morgan fingerprint density at radius 2 is 1.90 bits per heavy atom. The smallest absolute Gasteiger partial charge is 0.254 e. The van der Waals surface area contributed by atoms with E-state index in [4.69, 9.17) is 4.74 Å². The van der Waals surface area contributed by atoms with Crippen LogP contribution in [0.5, 0.6) is 5.88 Å². The molecule has 0 spiro atoms. The molecule has 1 saturated heterocycles. The van der Waals surface area contributed by atoms with Crippen molar-refractivity contribution in [1.82, 2.24) is 19.8 Å². The summed E-state index contributed by atoms with van der Waals surface area (Å²) in [6.45, 7) is 8.70. The minimum Gasteiger partial charge on any atom is -0.471 e. The molecule has 1 aromatic carbocycles. The Bertz CT molecular complexity index is 904. The summed E-state index contributed by atoms with van der Waals surface area (Å²) in [5.41, 5.74) is 1.53. The fourth-order valence-electron chi connectivity index (χ4n) is 4.05. The Balaban J connectivity index is 1.38. The monoisotopic (exact) mass is 398 g/mol. The zero-order chi connectivity index (χ0) is 20.6. The van der Waals surface area contributed by atoms with Crippen molar-refractivity contribution in [3.8, 4) is 5.88 Å². The molecule has 1 fully saturated rings. The molecule has 0 saturated carbocycles. The molecule has 0 unspecified atom stereocenters. The second-order valence-corrected chi connectivity index (χ2v) is 8.73. The Morgan fingerprint density at radius 3 is 2.59 bits per heavy atom. The number of piperidine rings is 1. The lowest BCUT2D eigenvalue weighted by molar-refractivity contribution is 0.0585. The summed E-state index contributed by atoms with van der Waals surface area (Å²) in [5, 5.41) is 0. The molecule has 154 valence electrons. The van der Waals surface area contributed by atoms with Gasteiger partial charge in [0.15, 0.2) is 0 Å².